The van der Waals surface area contributed by atoms with E-state index in [0.717, 1.165) is 25.9 Å². The monoisotopic (exact) mass is 269 g/mol. The van der Waals surface area contributed by atoms with Gasteiger partial charge in [-0.2, -0.15) is 0 Å². The normalized spacial score (nSPS) is 17.1. The molecule has 5 nitrogen and oxygen atoms in total. The van der Waals surface area contributed by atoms with Gasteiger partial charge >= 0.3 is 6.03 Å². The van der Waals surface area contributed by atoms with E-state index in [0.29, 0.717) is 19.6 Å². The van der Waals surface area contributed by atoms with E-state index in [1.54, 1.807) is 0 Å². The molecule has 0 aliphatic carbocycles. The van der Waals surface area contributed by atoms with Crippen LogP contribution in [0.3, 0.4) is 0 Å². The molecular weight excluding hydrogens is 242 g/mol. The third-order valence-electron chi connectivity index (χ3n) is 3.24. The van der Waals surface area contributed by atoms with E-state index < -0.39 is 0 Å². The smallest absolute Gasteiger partial charge is 0.317 e. The van der Waals surface area contributed by atoms with E-state index >= 15 is 0 Å². The van der Waals surface area contributed by atoms with Gasteiger partial charge in [-0.25, -0.2) is 4.79 Å². The Morgan fingerprint density at radius 3 is 2.21 bits per heavy atom. The predicted octanol–water partition coefficient (Wildman–Crippen LogP) is 1.69. The zero-order chi connectivity index (χ0) is 14.5. The third kappa shape index (κ3) is 4.73. The quantitative estimate of drug-likeness (QED) is 0.829. The maximum Gasteiger partial charge on any atom is 0.317 e. The molecule has 0 bridgehead atoms. The zero-order valence-corrected chi connectivity index (χ0v) is 12.7. The van der Waals surface area contributed by atoms with Gasteiger partial charge in [0.05, 0.1) is 0 Å². The van der Waals surface area contributed by atoms with Gasteiger partial charge in [-0.15, -0.1) is 0 Å². The first kappa shape index (κ1) is 15.8. The van der Waals surface area contributed by atoms with Crippen molar-refractivity contribution in [1.29, 1.82) is 0 Å². The summed E-state index contributed by atoms with van der Waals surface area (Å²) in [6.45, 7) is 11.3. The first-order valence-corrected chi connectivity index (χ1v) is 7.18. The maximum atomic E-state index is 12.2. The van der Waals surface area contributed by atoms with Gasteiger partial charge in [-0.3, -0.25) is 4.79 Å². The molecule has 0 spiro atoms. The van der Waals surface area contributed by atoms with Crippen LogP contribution in [-0.2, 0) is 4.79 Å². The Morgan fingerprint density at radius 2 is 1.63 bits per heavy atom. The van der Waals surface area contributed by atoms with Gasteiger partial charge < -0.3 is 15.1 Å². The molecule has 1 N–H and O–H groups in total. The summed E-state index contributed by atoms with van der Waals surface area (Å²) >= 11 is 0. The molecule has 0 saturated carbocycles. The van der Waals surface area contributed by atoms with Gasteiger partial charge in [-0.05, 0) is 12.8 Å². The fraction of sp³-hybridized carbons (Fsp3) is 0.857. The molecule has 0 atom stereocenters. The summed E-state index contributed by atoms with van der Waals surface area (Å²) in [4.78, 5) is 27.8. The van der Waals surface area contributed by atoms with Crippen LogP contribution in [0, 0.1) is 5.41 Å². The minimum absolute atomic E-state index is 0.00749. The van der Waals surface area contributed by atoms with E-state index in [2.05, 4.69) is 5.32 Å². The Balaban J connectivity index is 2.52. The lowest BCUT2D eigenvalue weighted by Crippen LogP contribution is -2.44. The number of hydrogen-bond acceptors (Lipinski definition) is 2. The standard InChI is InChI=1S/C14H27N3O2/c1-5-7-15-13(19)17-9-6-8-16(10-11-17)12(18)14(2,3)4/h5-11H2,1-4H3,(H,15,19). The number of urea groups is 1. The second-order valence-electron chi connectivity index (χ2n) is 6.11. The maximum absolute atomic E-state index is 12.2. The highest BCUT2D eigenvalue weighted by Gasteiger charge is 2.29. The van der Waals surface area contributed by atoms with Crippen molar-refractivity contribution in [2.75, 3.05) is 32.7 Å². The molecule has 110 valence electrons. The number of carbonyl (C=O) groups is 2. The molecule has 1 fully saturated rings. The van der Waals surface area contributed by atoms with E-state index in [1.165, 1.54) is 0 Å². The van der Waals surface area contributed by atoms with Crippen molar-refractivity contribution in [1.82, 2.24) is 15.1 Å². The van der Waals surface area contributed by atoms with E-state index in [4.69, 9.17) is 0 Å². The number of rotatable bonds is 2. The van der Waals surface area contributed by atoms with Crippen molar-refractivity contribution in [3.63, 3.8) is 0 Å². The van der Waals surface area contributed by atoms with Crippen LogP contribution in [0.4, 0.5) is 4.79 Å². The van der Waals surface area contributed by atoms with Gasteiger partial charge in [0.2, 0.25) is 5.91 Å². The molecule has 0 aromatic carbocycles. The topological polar surface area (TPSA) is 52.7 Å². The van der Waals surface area contributed by atoms with Crippen molar-refractivity contribution in [3.8, 4) is 0 Å². The third-order valence-corrected chi connectivity index (χ3v) is 3.24. The second kappa shape index (κ2) is 6.78. The minimum Gasteiger partial charge on any atom is -0.340 e. The van der Waals surface area contributed by atoms with Crippen LogP contribution in [0.2, 0.25) is 0 Å². The van der Waals surface area contributed by atoms with Crippen molar-refractivity contribution in [3.05, 3.63) is 0 Å². The molecule has 1 aliphatic rings. The van der Waals surface area contributed by atoms with Crippen LogP contribution in [0.15, 0.2) is 0 Å². The van der Waals surface area contributed by atoms with Crippen LogP contribution < -0.4 is 5.32 Å². The van der Waals surface area contributed by atoms with Crippen LogP contribution in [0.5, 0.6) is 0 Å². The van der Waals surface area contributed by atoms with Crippen molar-refractivity contribution >= 4 is 11.9 Å². The lowest BCUT2D eigenvalue weighted by atomic mass is 9.94. The summed E-state index contributed by atoms with van der Waals surface area (Å²) in [6, 6.07) is -0.00749. The van der Waals surface area contributed by atoms with Crippen molar-refractivity contribution in [2.24, 2.45) is 5.41 Å². The highest BCUT2D eigenvalue weighted by molar-refractivity contribution is 5.81. The average molecular weight is 269 g/mol. The molecular formula is C14H27N3O2. The molecule has 0 aromatic rings. The Labute approximate surface area is 116 Å². The molecule has 3 amide bonds. The largest absolute Gasteiger partial charge is 0.340 e. The van der Waals surface area contributed by atoms with E-state index in [9.17, 15) is 9.59 Å². The van der Waals surface area contributed by atoms with Gasteiger partial charge in [-0.1, -0.05) is 27.7 Å². The highest BCUT2D eigenvalue weighted by Crippen LogP contribution is 2.18. The molecule has 19 heavy (non-hydrogen) atoms. The van der Waals surface area contributed by atoms with E-state index in [1.807, 2.05) is 37.5 Å². The van der Waals surface area contributed by atoms with Crippen LogP contribution in [0.1, 0.15) is 40.5 Å². The molecule has 0 radical (unpaired) electrons. The molecule has 0 unspecified atom stereocenters. The van der Waals surface area contributed by atoms with Crippen LogP contribution in [-0.4, -0.2) is 54.5 Å². The average Bonchev–Trinajstić information content (AvgIpc) is 2.59. The summed E-state index contributed by atoms with van der Waals surface area (Å²) in [5.41, 5.74) is -0.348. The SMILES string of the molecule is CCCNC(=O)N1CCCN(C(=O)C(C)(C)C)CC1. The summed E-state index contributed by atoms with van der Waals surface area (Å²) in [5, 5.41) is 2.89. The Kier molecular flexibility index (Phi) is 5.63. The fourth-order valence-electron chi connectivity index (χ4n) is 2.14. The van der Waals surface area contributed by atoms with E-state index in [-0.39, 0.29) is 17.4 Å². The summed E-state index contributed by atoms with van der Waals surface area (Å²) in [6.07, 6.45) is 1.79. The Bertz CT molecular complexity index is 323. The first-order chi connectivity index (χ1) is 8.86. The molecule has 1 saturated heterocycles. The molecule has 1 heterocycles. The minimum atomic E-state index is -0.348. The number of amides is 3. The molecule has 1 rings (SSSR count). The highest BCUT2D eigenvalue weighted by atomic mass is 16.2. The lowest BCUT2D eigenvalue weighted by Gasteiger charge is -2.28. The Hall–Kier alpha value is -1.26. The lowest BCUT2D eigenvalue weighted by molar-refractivity contribution is -0.139. The molecule has 0 aromatic heterocycles. The summed E-state index contributed by atoms with van der Waals surface area (Å²) in [7, 11) is 0. The number of nitrogens with one attached hydrogen (secondary N) is 1. The number of nitrogens with zero attached hydrogens (tertiary/aromatic N) is 2. The number of hydrogen-bond donors (Lipinski definition) is 1. The summed E-state index contributed by atoms with van der Waals surface area (Å²) < 4.78 is 0. The van der Waals surface area contributed by atoms with Gasteiger partial charge in [0, 0.05) is 38.1 Å². The molecule has 5 heteroatoms. The van der Waals surface area contributed by atoms with Gasteiger partial charge in [0.1, 0.15) is 0 Å². The second-order valence-corrected chi connectivity index (χ2v) is 6.11. The number of carbonyl (C=O) groups excluding carboxylic acids is 2. The molecule has 1 aliphatic heterocycles. The fourth-order valence-corrected chi connectivity index (χ4v) is 2.14. The van der Waals surface area contributed by atoms with Crippen molar-refractivity contribution in [2.45, 2.75) is 40.5 Å². The summed E-state index contributed by atoms with van der Waals surface area (Å²) in [5.74, 6) is 0.170. The Morgan fingerprint density at radius 1 is 1.05 bits per heavy atom. The van der Waals surface area contributed by atoms with Gasteiger partial charge in [0.15, 0.2) is 0 Å². The predicted molar refractivity (Wildman–Crippen MR) is 75.9 cm³/mol. The van der Waals surface area contributed by atoms with Crippen molar-refractivity contribution < 1.29 is 9.59 Å². The van der Waals surface area contributed by atoms with Crippen LogP contribution >= 0.6 is 0 Å². The van der Waals surface area contributed by atoms with Crippen LogP contribution in [0.25, 0.3) is 0 Å². The zero-order valence-electron chi connectivity index (χ0n) is 12.7. The van der Waals surface area contributed by atoms with Gasteiger partial charge in [0.25, 0.3) is 0 Å². The first-order valence-electron chi connectivity index (χ1n) is 7.18.